The Morgan fingerprint density at radius 3 is 1.76 bits per heavy atom. The second-order valence-electron chi connectivity index (χ2n) is 13.0. The van der Waals surface area contributed by atoms with Gasteiger partial charge in [-0.25, -0.2) is 4.79 Å². The van der Waals surface area contributed by atoms with Crippen LogP contribution in [0.1, 0.15) is 33.6 Å². The molecular weight excluding hydrogens is 584 g/mol. The lowest BCUT2D eigenvalue weighted by atomic mass is 9.96. The Bertz CT molecular complexity index is 2010. The Morgan fingerprint density at radius 1 is 0.783 bits per heavy atom. The fraction of sp³-hybridized carbons (Fsp3) is 0.400. The molecule has 4 heterocycles. The number of nitrogens with zero attached hydrogens (tertiary/aromatic N) is 5. The van der Waals surface area contributed by atoms with Crippen LogP contribution in [0.2, 0.25) is 0 Å². The van der Waals surface area contributed by atoms with E-state index in [2.05, 4.69) is 19.7 Å². The quantitative estimate of drug-likeness (QED) is 0.240. The van der Waals surface area contributed by atoms with Gasteiger partial charge in [0.1, 0.15) is 12.2 Å². The third-order valence-corrected chi connectivity index (χ3v) is 9.34. The largest absolute Gasteiger partial charge is 0.441 e. The third-order valence-electron chi connectivity index (χ3n) is 9.34. The van der Waals surface area contributed by atoms with Gasteiger partial charge < -0.3 is 33.7 Å². The van der Waals surface area contributed by atoms with E-state index in [0.717, 1.165) is 58.8 Å². The normalized spacial score (nSPS) is 17.9. The number of imide groups is 1. The molecule has 2 aliphatic heterocycles. The van der Waals surface area contributed by atoms with Gasteiger partial charge in [0.2, 0.25) is 0 Å². The molecule has 0 spiro atoms. The molecular formula is C35H40N6O5. The van der Waals surface area contributed by atoms with E-state index in [-0.39, 0.29) is 13.1 Å². The number of hydrogen-bond donors (Lipinski definition) is 2. The summed E-state index contributed by atoms with van der Waals surface area (Å²) in [5, 5.41) is 17.4. The van der Waals surface area contributed by atoms with Gasteiger partial charge >= 0.3 is 6.09 Å². The average molecular weight is 625 g/mol. The Morgan fingerprint density at radius 2 is 1.26 bits per heavy atom. The van der Waals surface area contributed by atoms with E-state index in [4.69, 9.17) is 4.74 Å². The van der Waals surface area contributed by atoms with Crippen LogP contribution in [0.25, 0.3) is 43.6 Å². The number of aliphatic hydroxyl groups is 1. The Kier molecular flexibility index (Phi) is 7.70. The molecule has 3 amide bonds. The summed E-state index contributed by atoms with van der Waals surface area (Å²) in [5.41, 5.74) is 3.98. The van der Waals surface area contributed by atoms with Crippen LogP contribution in [0, 0.1) is 0 Å². The zero-order chi connectivity index (χ0) is 32.3. The molecule has 46 heavy (non-hydrogen) atoms. The predicted molar refractivity (Wildman–Crippen MR) is 178 cm³/mol. The smallest absolute Gasteiger partial charge is 0.410 e. The van der Waals surface area contributed by atoms with E-state index in [9.17, 15) is 19.5 Å². The number of aliphatic hydroxyl groups excluding tert-OH is 1. The number of carbonyl (C=O) groups is 3. The summed E-state index contributed by atoms with van der Waals surface area (Å²) in [6, 6.07) is 15.5. The minimum atomic E-state index is -1.04. The summed E-state index contributed by atoms with van der Waals surface area (Å²) in [6.45, 7) is 3.10. The van der Waals surface area contributed by atoms with Crippen LogP contribution in [-0.2, 0) is 17.8 Å². The van der Waals surface area contributed by atoms with Crippen LogP contribution in [0.5, 0.6) is 0 Å². The summed E-state index contributed by atoms with van der Waals surface area (Å²) in [5.74, 6) is -0.836. The molecule has 7 rings (SSSR count). The molecule has 240 valence electrons. The summed E-state index contributed by atoms with van der Waals surface area (Å²) in [6.07, 6.45) is -0.762. The molecule has 5 aromatic rings. The number of ether oxygens (including phenoxy) is 1. The standard InChI is InChI=1S/C35H40N6O5/c1-37(2)15-9-17-39(18-10-16-38(3)4)35(45)46-26-20-41-24-14-8-6-12-22(24)28-30-29(33(43)36-34(30)44)27-21-11-5-7-13-23(21)40(19-25(26)42)31(27)32(28)41/h5-8,11-14,25-26,42H,9-10,15-20H2,1-4H3,(H,36,43,44). The van der Waals surface area contributed by atoms with Crippen LogP contribution < -0.4 is 5.32 Å². The van der Waals surface area contributed by atoms with Crippen LogP contribution in [0.4, 0.5) is 4.79 Å². The van der Waals surface area contributed by atoms with Gasteiger partial charge in [-0.1, -0.05) is 36.4 Å². The van der Waals surface area contributed by atoms with E-state index >= 15 is 0 Å². The van der Waals surface area contributed by atoms with Crippen molar-refractivity contribution in [2.45, 2.75) is 38.1 Å². The Balaban J connectivity index is 1.38. The van der Waals surface area contributed by atoms with Crippen molar-refractivity contribution in [3.8, 4) is 0 Å². The molecule has 0 saturated heterocycles. The Labute approximate surface area is 266 Å². The van der Waals surface area contributed by atoms with E-state index in [1.807, 2.05) is 81.3 Å². The van der Waals surface area contributed by atoms with Gasteiger partial charge in [-0.2, -0.15) is 0 Å². The SMILES string of the molecule is CN(C)CCCN(CCCN(C)C)C(=O)OC1Cn2c3ccccc3c3c4c(c5c6ccccc6n(c5c32)CC1O)C(=O)NC4=O. The summed E-state index contributed by atoms with van der Waals surface area (Å²) < 4.78 is 10.3. The molecule has 0 bridgehead atoms. The maximum absolute atomic E-state index is 13.8. The minimum Gasteiger partial charge on any atom is -0.441 e. The predicted octanol–water partition coefficient (Wildman–Crippen LogP) is 3.87. The maximum atomic E-state index is 13.8. The molecule has 2 aliphatic rings. The first-order valence-corrected chi connectivity index (χ1v) is 15.9. The lowest BCUT2D eigenvalue weighted by Gasteiger charge is -2.31. The average Bonchev–Trinajstić information content (AvgIpc) is 3.61. The summed E-state index contributed by atoms with van der Waals surface area (Å²) >= 11 is 0. The van der Waals surface area contributed by atoms with E-state index in [1.165, 1.54) is 0 Å². The molecule has 2 unspecified atom stereocenters. The first-order chi connectivity index (χ1) is 22.2. The van der Waals surface area contributed by atoms with Crippen LogP contribution in [-0.4, -0.2) is 113 Å². The summed E-state index contributed by atoms with van der Waals surface area (Å²) in [7, 11) is 8.04. The molecule has 2 N–H and O–H groups in total. The molecule has 11 nitrogen and oxygen atoms in total. The van der Waals surface area contributed by atoms with E-state index in [1.54, 1.807) is 4.90 Å². The van der Waals surface area contributed by atoms with Crippen molar-refractivity contribution in [1.82, 2.24) is 29.2 Å². The fourth-order valence-electron chi connectivity index (χ4n) is 7.29. The number of aromatic nitrogens is 2. The number of para-hydroxylation sites is 2. The minimum absolute atomic E-state index is 0.147. The van der Waals surface area contributed by atoms with Crippen molar-refractivity contribution in [2.75, 3.05) is 54.4 Å². The van der Waals surface area contributed by atoms with E-state index < -0.39 is 30.1 Å². The lowest BCUT2D eigenvalue weighted by molar-refractivity contribution is -0.0254. The van der Waals surface area contributed by atoms with Crippen molar-refractivity contribution in [3.63, 3.8) is 0 Å². The number of benzene rings is 3. The fourth-order valence-corrected chi connectivity index (χ4v) is 7.29. The molecule has 0 fully saturated rings. The zero-order valence-electron chi connectivity index (χ0n) is 26.7. The third kappa shape index (κ3) is 4.90. The number of nitrogens with one attached hydrogen (secondary N) is 1. The maximum Gasteiger partial charge on any atom is 0.410 e. The monoisotopic (exact) mass is 624 g/mol. The number of amides is 3. The van der Waals surface area contributed by atoms with Gasteiger partial charge in [-0.3, -0.25) is 14.9 Å². The molecule has 2 atom stereocenters. The van der Waals surface area contributed by atoms with Gasteiger partial charge in [0.25, 0.3) is 11.8 Å². The zero-order valence-corrected chi connectivity index (χ0v) is 26.7. The van der Waals surface area contributed by atoms with Crippen LogP contribution in [0.3, 0.4) is 0 Å². The first kappa shape index (κ1) is 30.2. The summed E-state index contributed by atoms with van der Waals surface area (Å²) in [4.78, 5) is 46.6. The second-order valence-corrected chi connectivity index (χ2v) is 13.0. The topological polar surface area (TPSA) is 112 Å². The second kappa shape index (κ2) is 11.7. The van der Waals surface area contributed by atoms with Crippen LogP contribution >= 0.6 is 0 Å². The molecule has 0 radical (unpaired) electrons. The number of fused-ring (bicyclic) bond motifs is 9. The molecule has 0 aliphatic carbocycles. The highest BCUT2D eigenvalue weighted by atomic mass is 16.6. The number of carbonyl (C=O) groups excluding carboxylic acids is 3. The Hall–Kier alpha value is -4.45. The highest BCUT2D eigenvalue weighted by Crippen LogP contribution is 2.45. The molecule has 3 aromatic carbocycles. The lowest BCUT2D eigenvalue weighted by Crippen LogP contribution is -2.43. The van der Waals surface area contributed by atoms with Gasteiger partial charge in [-0.05, 0) is 66.3 Å². The first-order valence-electron chi connectivity index (χ1n) is 15.9. The number of rotatable bonds is 9. The van der Waals surface area contributed by atoms with Crippen molar-refractivity contribution >= 4 is 61.5 Å². The van der Waals surface area contributed by atoms with Crippen molar-refractivity contribution in [2.24, 2.45) is 0 Å². The van der Waals surface area contributed by atoms with Gasteiger partial charge in [0.05, 0.1) is 35.2 Å². The van der Waals surface area contributed by atoms with Gasteiger partial charge in [0, 0.05) is 45.7 Å². The van der Waals surface area contributed by atoms with E-state index in [0.29, 0.717) is 35.0 Å². The van der Waals surface area contributed by atoms with Gasteiger partial charge in [0.15, 0.2) is 0 Å². The van der Waals surface area contributed by atoms with Gasteiger partial charge in [-0.15, -0.1) is 0 Å². The van der Waals surface area contributed by atoms with Crippen molar-refractivity contribution in [3.05, 3.63) is 59.7 Å². The molecule has 11 heteroatoms. The van der Waals surface area contributed by atoms with Crippen LogP contribution in [0.15, 0.2) is 48.5 Å². The highest BCUT2D eigenvalue weighted by molar-refractivity contribution is 6.39. The van der Waals surface area contributed by atoms with Crippen molar-refractivity contribution in [1.29, 1.82) is 0 Å². The highest BCUT2D eigenvalue weighted by Gasteiger charge is 2.39. The number of hydrogen-bond acceptors (Lipinski definition) is 7. The molecule has 2 aromatic heterocycles. The molecule has 0 saturated carbocycles. The van der Waals surface area contributed by atoms with Crippen molar-refractivity contribution < 1.29 is 24.2 Å².